The Morgan fingerprint density at radius 1 is 1.31 bits per heavy atom. The Morgan fingerprint density at radius 3 is 2.44 bits per heavy atom. The third-order valence-corrected chi connectivity index (χ3v) is 6.07. The van der Waals surface area contributed by atoms with E-state index in [9.17, 15) is 8.42 Å². The van der Waals surface area contributed by atoms with Crippen LogP contribution in [-0.4, -0.2) is 48.0 Å². The highest BCUT2D eigenvalue weighted by molar-refractivity contribution is 9.09. The van der Waals surface area contributed by atoms with Crippen LogP contribution in [0.1, 0.15) is 33.1 Å². The molecule has 0 N–H and O–H groups in total. The van der Waals surface area contributed by atoms with Crippen molar-refractivity contribution in [3.8, 4) is 0 Å². The van der Waals surface area contributed by atoms with E-state index in [-0.39, 0.29) is 6.04 Å². The molecule has 0 aromatic rings. The second kappa shape index (κ2) is 6.33. The topological polar surface area (TPSA) is 40.6 Å². The van der Waals surface area contributed by atoms with Crippen LogP contribution in [0.15, 0.2) is 0 Å². The molecule has 1 heterocycles. The minimum Gasteiger partial charge on any atom is -0.195 e. The fourth-order valence-electron chi connectivity index (χ4n) is 2.13. The molecule has 16 heavy (non-hydrogen) atoms. The van der Waals surface area contributed by atoms with Gasteiger partial charge in [-0.15, -0.1) is 0 Å². The minimum atomic E-state index is -3.25. The number of nitrogens with zero attached hydrogens (tertiary/aromatic N) is 2. The van der Waals surface area contributed by atoms with Crippen LogP contribution in [0.5, 0.6) is 0 Å². The van der Waals surface area contributed by atoms with Crippen LogP contribution in [0, 0.1) is 0 Å². The minimum absolute atomic E-state index is 0.124. The SMILES string of the molecule is CCN(CC)S(=O)(=O)N1CCCCC1CBr. The first kappa shape index (κ1) is 14.4. The maximum atomic E-state index is 12.3. The monoisotopic (exact) mass is 312 g/mol. The number of hydrogen-bond acceptors (Lipinski definition) is 2. The molecule has 1 unspecified atom stereocenters. The Bertz CT molecular complexity index is 304. The Kier molecular flexibility index (Phi) is 5.70. The molecule has 1 aliphatic heterocycles. The molecule has 0 amide bonds. The van der Waals surface area contributed by atoms with Gasteiger partial charge in [0.1, 0.15) is 0 Å². The van der Waals surface area contributed by atoms with E-state index in [1.54, 1.807) is 4.31 Å². The molecule has 0 bridgehead atoms. The number of alkyl halides is 1. The van der Waals surface area contributed by atoms with Gasteiger partial charge in [0.2, 0.25) is 0 Å². The summed E-state index contributed by atoms with van der Waals surface area (Å²) in [6.07, 6.45) is 3.07. The van der Waals surface area contributed by atoms with E-state index < -0.39 is 10.2 Å². The second-order valence-electron chi connectivity index (χ2n) is 4.01. The Morgan fingerprint density at radius 2 is 1.94 bits per heavy atom. The fraction of sp³-hybridized carbons (Fsp3) is 1.00. The molecule has 6 heteroatoms. The maximum Gasteiger partial charge on any atom is 0.282 e. The molecule has 0 spiro atoms. The Hall–Kier alpha value is 0.350. The molecule has 1 aliphatic rings. The summed E-state index contributed by atoms with van der Waals surface area (Å²) in [5, 5.41) is 0.730. The van der Waals surface area contributed by atoms with Gasteiger partial charge in [0.25, 0.3) is 10.2 Å². The van der Waals surface area contributed by atoms with Crippen LogP contribution in [0.2, 0.25) is 0 Å². The predicted molar refractivity (Wildman–Crippen MR) is 70.0 cm³/mol. The van der Waals surface area contributed by atoms with E-state index in [0.29, 0.717) is 19.6 Å². The van der Waals surface area contributed by atoms with Gasteiger partial charge in [-0.3, -0.25) is 0 Å². The zero-order valence-corrected chi connectivity index (χ0v) is 12.4. The number of hydrogen-bond donors (Lipinski definition) is 0. The van der Waals surface area contributed by atoms with Gasteiger partial charge in [0.15, 0.2) is 0 Å². The first-order valence-electron chi connectivity index (χ1n) is 5.90. The van der Waals surface area contributed by atoms with Crippen molar-refractivity contribution in [1.29, 1.82) is 0 Å². The molecule has 96 valence electrons. The first-order chi connectivity index (χ1) is 7.57. The zero-order chi connectivity index (χ0) is 12.2. The number of piperidine rings is 1. The van der Waals surface area contributed by atoms with Crippen molar-refractivity contribution in [2.45, 2.75) is 39.2 Å². The van der Waals surface area contributed by atoms with Crippen molar-refractivity contribution in [3.05, 3.63) is 0 Å². The molecule has 0 aromatic heterocycles. The van der Waals surface area contributed by atoms with Gasteiger partial charge < -0.3 is 0 Å². The van der Waals surface area contributed by atoms with Gasteiger partial charge in [-0.2, -0.15) is 17.0 Å². The lowest BCUT2D eigenvalue weighted by molar-refractivity contribution is 0.251. The molecular weight excluding hydrogens is 292 g/mol. The molecule has 0 saturated carbocycles. The Balaban J connectivity index is 2.87. The lowest BCUT2D eigenvalue weighted by Gasteiger charge is -2.36. The molecule has 0 radical (unpaired) electrons. The van der Waals surface area contributed by atoms with Gasteiger partial charge in [-0.1, -0.05) is 36.2 Å². The van der Waals surface area contributed by atoms with Crippen LogP contribution in [0.3, 0.4) is 0 Å². The van der Waals surface area contributed by atoms with Crippen molar-refractivity contribution in [2.24, 2.45) is 0 Å². The quantitative estimate of drug-likeness (QED) is 0.727. The van der Waals surface area contributed by atoms with Gasteiger partial charge in [0, 0.05) is 31.0 Å². The molecular formula is C10H21BrN2O2S. The third kappa shape index (κ3) is 2.97. The van der Waals surface area contributed by atoms with Crippen molar-refractivity contribution in [1.82, 2.24) is 8.61 Å². The zero-order valence-electron chi connectivity index (χ0n) is 10.0. The molecule has 1 fully saturated rings. The number of halogens is 1. The highest BCUT2D eigenvalue weighted by Gasteiger charge is 2.34. The van der Waals surface area contributed by atoms with Crippen LogP contribution >= 0.6 is 15.9 Å². The van der Waals surface area contributed by atoms with E-state index >= 15 is 0 Å². The van der Waals surface area contributed by atoms with Gasteiger partial charge >= 0.3 is 0 Å². The normalized spacial score (nSPS) is 23.9. The smallest absolute Gasteiger partial charge is 0.195 e. The maximum absolute atomic E-state index is 12.3. The van der Waals surface area contributed by atoms with Crippen molar-refractivity contribution < 1.29 is 8.42 Å². The van der Waals surface area contributed by atoms with Gasteiger partial charge in [0.05, 0.1) is 0 Å². The fourth-order valence-corrected chi connectivity index (χ4v) is 4.86. The van der Waals surface area contributed by atoms with Crippen molar-refractivity contribution >= 4 is 26.1 Å². The highest BCUT2D eigenvalue weighted by Crippen LogP contribution is 2.23. The van der Waals surface area contributed by atoms with Crippen LogP contribution in [-0.2, 0) is 10.2 Å². The van der Waals surface area contributed by atoms with Gasteiger partial charge in [-0.05, 0) is 12.8 Å². The molecule has 0 aliphatic carbocycles. The summed E-state index contributed by atoms with van der Waals surface area (Å²) in [7, 11) is -3.25. The largest absolute Gasteiger partial charge is 0.282 e. The standard InChI is InChI=1S/C10H21BrN2O2S/c1-3-12(4-2)16(14,15)13-8-6-5-7-10(13)9-11/h10H,3-9H2,1-2H3. The molecule has 1 saturated heterocycles. The summed E-state index contributed by atoms with van der Waals surface area (Å²) in [5.41, 5.74) is 0. The molecule has 1 rings (SSSR count). The average molecular weight is 313 g/mol. The second-order valence-corrected chi connectivity index (χ2v) is 6.54. The van der Waals surface area contributed by atoms with Crippen molar-refractivity contribution in [2.75, 3.05) is 25.0 Å². The lowest BCUT2D eigenvalue weighted by atomic mass is 10.1. The van der Waals surface area contributed by atoms with E-state index in [1.165, 1.54) is 4.31 Å². The molecule has 0 aromatic carbocycles. The summed E-state index contributed by atoms with van der Waals surface area (Å²) in [6, 6.07) is 0.124. The summed E-state index contributed by atoms with van der Waals surface area (Å²) in [6.45, 7) is 5.52. The van der Waals surface area contributed by atoms with E-state index in [1.807, 2.05) is 13.8 Å². The highest BCUT2D eigenvalue weighted by atomic mass is 79.9. The van der Waals surface area contributed by atoms with Crippen LogP contribution in [0.25, 0.3) is 0 Å². The molecule has 1 atom stereocenters. The van der Waals surface area contributed by atoms with Crippen molar-refractivity contribution in [3.63, 3.8) is 0 Å². The summed E-state index contributed by atoms with van der Waals surface area (Å²) < 4.78 is 27.9. The Labute approximate surface area is 107 Å². The van der Waals surface area contributed by atoms with E-state index in [2.05, 4.69) is 15.9 Å². The van der Waals surface area contributed by atoms with E-state index in [0.717, 1.165) is 24.6 Å². The van der Waals surface area contributed by atoms with E-state index in [4.69, 9.17) is 0 Å². The van der Waals surface area contributed by atoms with Crippen LogP contribution < -0.4 is 0 Å². The predicted octanol–water partition coefficient (Wildman–Crippen LogP) is 1.82. The lowest BCUT2D eigenvalue weighted by Crippen LogP contribution is -2.51. The summed E-state index contributed by atoms with van der Waals surface area (Å²) in [5.74, 6) is 0. The summed E-state index contributed by atoms with van der Waals surface area (Å²) >= 11 is 3.41. The van der Waals surface area contributed by atoms with Crippen LogP contribution in [0.4, 0.5) is 0 Å². The number of rotatable bonds is 5. The average Bonchev–Trinajstić information content (AvgIpc) is 2.30. The molecule has 4 nitrogen and oxygen atoms in total. The van der Waals surface area contributed by atoms with Gasteiger partial charge in [-0.25, -0.2) is 0 Å². The summed E-state index contributed by atoms with van der Waals surface area (Å²) in [4.78, 5) is 0. The first-order valence-corrected chi connectivity index (χ1v) is 8.42. The third-order valence-electron chi connectivity index (χ3n) is 3.08.